The second-order valence-electron chi connectivity index (χ2n) is 6.36. The summed E-state index contributed by atoms with van der Waals surface area (Å²) in [5, 5.41) is 5.59. The van der Waals surface area contributed by atoms with E-state index in [1.54, 1.807) is 7.11 Å². The molecule has 0 aromatic heterocycles. The molecular weight excluding hydrogens is 349 g/mol. The fourth-order valence-electron chi connectivity index (χ4n) is 3.10. The molecule has 7 heteroatoms. The molecule has 2 N–H and O–H groups in total. The van der Waals surface area contributed by atoms with Gasteiger partial charge in [-0.15, -0.1) is 0 Å². The van der Waals surface area contributed by atoms with E-state index in [1.165, 1.54) is 29.2 Å². The fourth-order valence-corrected chi connectivity index (χ4v) is 3.10. The minimum absolute atomic E-state index is 0.190. The van der Waals surface area contributed by atoms with Crippen LogP contribution < -0.4 is 15.4 Å². The number of carbonyl (C=O) groups is 2. The number of anilines is 1. The third-order valence-electron chi connectivity index (χ3n) is 4.51. The van der Waals surface area contributed by atoms with E-state index in [9.17, 15) is 14.0 Å². The third kappa shape index (κ3) is 4.75. The number of likely N-dealkylation sites (tertiary alicyclic amines) is 1. The summed E-state index contributed by atoms with van der Waals surface area (Å²) >= 11 is 0. The topological polar surface area (TPSA) is 70.7 Å². The van der Waals surface area contributed by atoms with Crippen LogP contribution in [-0.2, 0) is 11.3 Å². The number of hydrogen-bond acceptors (Lipinski definition) is 3. The molecule has 6 nitrogen and oxygen atoms in total. The summed E-state index contributed by atoms with van der Waals surface area (Å²) in [5.41, 5.74) is 1.41. The number of methoxy groups -OCH3 is 1. The second-order valence-corrected chi connectivity index (χ2v) is 6.36. The molecule has 2 aromatic rings. The summed E-state index contributed by atoms with van der Waals surface area (Å²) < 4.78 is 18.2. The predicted octanol–water partition coefficient (Wildman–Crippen LogP) is 3.15. The molecule has 0 bridgehead atoms. The number of rotatable bonds is 5. The van der Waals surface area contributed by atoms with E-state index in [4.69, 9.17) is 4.74 Å². The lowest BCUT2D eigenvalue weighted by molar-refractivity contribution is -0.124. The van der Waals surface area contributed by atoms with Crippen LogP contribution in [0.2, 0.25) is 0 Å². The summed E-state index contributed by atoms with van der Waals surface area (Å²) in [4.78, 5) is 26.6. The van der Waals surface area contributed by atoms with Gasteiger partial charge >= 0.3 is 6.03 Å². The predicted molar refractivity (Wildman–Crippen MR) is 100.0 cm³/mol. The lowest BCUT2D eigenvalue weighted by Gasteiger charge is -2.24. The number of carbonyl (C=O) groups excluding carboxylic acids is 2. The summed E-state index contributed by atoms with van der Waals surface area (Å²) in [6, 6.07) is 12.1. The van der Waals surface area contributed by atoms with E-state index < -0.39 is 6.04 Å². The smallest absolute Gasteiger partial charge is 0.322 e. The van der Waals surface area contributed by atoms with Crippen LogP contribution in [0.25, 0.3) is 0 Å². The molecule has 1 atom stereocenters. The third-order valence-corrected chi connectivity index (χ3v) is 4.51. The van der Waals surface area contributed by atoms with Crippen molar-refractivity contribution in [3.8, 4) is 5.75 Å². The first-order valence-corrected chi connectivity index (χ1v) is 8.80. The van der Waals surface area contributed by atoms with E-state index >= 15 is 0 Å². The molecule has 3 amide bonds. The highest BCUT2D eigenvalue weighted by Crippen LogP contribution is 2.20. The number of benzene rings is 2. The van der Waals surface area contributed by atoms with Crippen molar-refractivity contribution >= 4 is 17.6 Å². The second kappa shape index (κ2) is 8.53. The van der Waals surface area contributed by atoms with Crippen LogP contribution in [-0.4, -0.2) is 36.5 Å². The van der Waals surface area contributed by atoms with Crippen molar-refractivity contribution < 1.29 is 18.7 Å². The monoisotopic (exact) mass is 371 g/mol. The molecule has 3 rings (SSSR count). The molecule has 0 unspecified atom stereocenters. The normalized spacial score (nSPS) is 16.1. The number of hydrogen-bond donors (Lipinski definition) is 2. The Bertz CT molecular complexity index is 810. The molecule has 0 spiro atoms. The number of halogens is 1. The van der Waals surface area contributed by atoms with Crippen LogP contribution in [0.3, 0.4) is 0 Å². The average Bonchev–Trinajstić information content (AvgIpc) is 3.18. The van der Waals surface area contributed by atoms with Crippen LogP contribution in [0, 0.1) is 5.82 Å². The Labute approximate surface area is 157 Å². The Hall–Kier alpha value is -3.09. The number of urea groups is 1. The Morgan fingerprint density at radius 1 is 1.22 bits per heavy atom. The lowest BCUT2D eigenvalue weighted by atomic mass is 10.2. The maximum atomic E-state index is 13.0. The van der Waals surface area contributed by atoms with Gasteiger partial charge in [0, 0.05) is 18.8 Å². The maximum absolute atomic E-state index is 13.0. The zero-order valence-corrected chi connectivity index (χ0v) is 15.1. The SMILES string of the molecule is COc1cccc(CNC(=O)[C@H]2CCCN2C(=O)Nc2ccc(F)cc2)c1. The Balaban J connectivity index is 1.58. The number of ether oxygens (including phenoxy) is 1. The average molecular weight is 371 g/mol. The highest BCUT2D eigenvalue weighted by Gasteiger charge is 2.34. The van der Waals surface area contributed by atoms with Gasteiger partial charge in [0.25, 0.3) is 0 Å². The van der Waals surface area contributed by atoms with Gasteiger partial charge in [-0.1, -0.05) is 12.1 Å². The Morgan fingerprint density at radius 2 is 2.00 bits per heavy atom. The number of nitrogens with one attached hydrogen (secondary N) is 2. The first-order chi connectivity index (χ1) is 13.1. The highest BCUT2D eigenvalue weighted by molar-refractivity contribution is 5.94. The van der Waals surface area contributed by atoms with Crippen LogP contribution in [0.5, 0.6) is 5.75 Å². The highest BCUT2D eigenvalue weighted by atomic mass is 19.1. The molecule has 1 fully saturated rings. The molecule has 0 aliphatic carbocycles. The van der Waals surface area contributed by atoms with Gasteiger partial charge in [0.15, 0.2) is 0 Å². The van der Waals surface area contributed by atoms with Crippen LogP contribution in [0.1, 0.15) is 18.4 Å². The van der Waals surface area contributed by atoms with Gasteiger partial charge < -0.3 is 20.3 Å². The molecular formula is C20H22FN3O3. The zero-order chi connectivity index (χ0) is 19.2. The minimum Gasteiger partial charge on any atom is -0.497 e. The van der Waals surface area contributed by atoms with Gasteiger partial charge in [0.1, 0.15) is 17.6 Å². The van der Waals surface area contributed by atoms with E-state index in [0.717, 1.165) is 17.7 Å². The molecule has 27 heavy (non-hydrogen) atoms. The Kier molecular flexibility index (Phi) is 5.90. The van der Waals surface area contributed by atoms with Gasteiger partial charge in [-0.2, -0.15) is 0 Å². The number of amides is 3. The molecule has 1 aliphatic heterocycles. The minimum atomic E-state index is -0.518. The molecule has 0 saturated carbocycles. The molecule has 1 heterocycles. The summed E-state index contributed by atoms with van der Waals surface area (Å²) in [6.45, 7) is 0.865. The van der Waals surface area contributed by atoms with Crippen molar-refractivity contribution in [2.75, 3.05) is 19.0 Å². The van der Waals surface area contributed by atoms with Crippen molar-refractivity contribution in [1.82, 2.24) is 10.2 Å². The maximum Gasteiger partial charge on any atom is 0.322 e. The van der Waals surface area contributed by atoms with E-state index in [0.29, 0.717) is 25.2 Å². The largest absolute Gasteiger partial charge is 0.497 e. The van der Waals surface area contributed by atoms with Gasteiger partial charge in [0.2, 0.25) is 5.91 Å². The summed E-state index contributed by atoms with van der Waals surface area (Å²) in [5.74, 6) is 0.163. The molecule has 142 valence electrons. The zero-order valence-electron chi connectivity index (χ0n) is 15.1. The standard InChI is InChI=1S/C20H22FN3O3/c1-27-17-5-2-4-14(12-17)13-22-19(25)18-6-3-11-24(18)20(26)23-16-9-7-15(21)8-10-16/h2,4-5,7-10,12,18H,3,6,11,13H2,1H3,(H,22,25)(H,23,26)/t18-/m1/s1. The molecule has 2 aromatic carbocycles. The first kappa shape index (κ1) is 18.7. The van der Waals surface area contributed by atoms with Gasteiger partial charge in [0.05, 0.1) is 7.11 Å². The molecule has 0 radical (unpaired) electrons. The van der Waals surface area contributed by atoms with Gasteiger partial charge in [-0.25, -0.2) is 9.18 Å². The van der Waals surface area contributed by atoms with Crippen LogP contribution in [0.15, 0.2) is 48.5 Å². The quantitative estimate of drug-likeness (QED) is 0.848. The van der Waals surface area contributed by atoms with Crippen molar-refractivity contribution in [2.24, 2.45) is 0 Å². The first-order valence-electron chi connectivity index (χ1n) is 8.80. The molecule has 1 saturated heterocycles. The van der Waals surface area contributed by atoms with Crippen molar-refractivity contribution in [2.45, 2.75) is 25.4 Å². The fraction of sp³-hybridized carbons (Fsp3) is 0.300. The van der Waals surface area contributed by atoms with Crippen molar-refractivity contribution in [3.05, 3.63) is 59.9 Å². The summed E-state index contributed by atoms with van der Waals surface area (Å²) in [6.07, 6.45) is 1.37. The number of nitrogens with zero attached hydrogens (tertiary/aromatic N) is 1. The van der Waals surface area contributed by atoms with Crippen LogP contribution in [0.4, 0.5) is 14.9 Å². The van der Waals surface area contributed by atoms with E-state index in [2.05, 4.69) is 10.6 Å². The van der Waals surface area contributed by atoms with E-state index in [1.807, 2.05) is 24.3 Å². The van der Waals surface area contributed by atoms with Crippen molar-refractivity contribution in [1.29, 1.82) is 0 Å². The van der Waals surface area contributed by atoms with Gasteiger partial charge in [-0.05, 0) is 54.8 Å². The summed E-state index contributed by atoms with van der Waals surface area (Å²) in [7, 11) is 1.59. The Morgan fingerprint density at radius 3 is 2.74 bits per heavy atom. The van der Waals surface area contributed by atoms with Gasteiger partial charge in [-0.3, -0.25) is 4.79 Å². The molecule has 1 aliphatic rings. The lowest BCUT2D eigenvalue weighted by Crippen LogP contribution is -2.47. The van der Waals surface area contributed by atoms with Crippen molar-refractivity contribution in [3.63, 3.8) is 0 Å². The van der Waals surface area contributed by atoms with Crippen LogP contribution >= 0.6 is 0 Å². The van der Waals surface area contributed by atoms with E-state index in [-0.39, 0.29) is 17.8 Å².